The molecule has 5 heteroatoms. The molecule has 0 saturated carbocycles. The van der Waals surface area contributed by atoms with Gasteiger partial charge in [-0.05, 0) is 25.5 Å². The van der Waals surface area contributed by atoms with E-state index >= 15 is 0 Å². The van der Waals surface area contributed by atoms with E-state index in [1.165, 1.54) is 20.3 Å². The largest absolute Gasteiger partial charge is 0.465 e. The first-order valence-corrected chi connectivity index (χ1v) is 6.90. The molecule has 0 aliphatic carbocycles. The lowest BCUT2D eigenvalue weighted by Gasteiger charge is -2.11. The zero-order valence-electron chi connectivity index (χ0n) is 13.2. The first kappa shape index (κ1) is 15.8. The monoisotopic (exact) mass is 301 g/mol. The van der Waals surface area contributed by atoms with E-state index < -0.39 is 11.9 Å². The number of hydrogen-bond donors (Lipinski definition) is 0. The molecule has 0 aliphatic rings. The lowest BCUT2D eigenvalue weighted by molar-refractivity contribution is 0.0587. The van der Waals surface area contributed by atoms with Gasteiger partial charge in [0.05, 0.1) is 19.8 Å². The van der Waals surface area contributed by atoms with Crippen LogP contribution in [0.2, 0.25) is 0 Å². The molecule has 0 bridgehead atoms. The van der Waals surface area contributed by atoms with Crippen molar-refractivity contribution in [2.24, 2.45) is 0 Å². The highest BCUT2D eigenvalue weighted by Gasteiger charge is 2.22. The molecule has 0 saturated heterocycles. The average Bonchev–Trinajstić information content (AvgIpc) is 2.85. The number of esters is 2. The molecule has 1 heterocycles. The highest BCUT2D eigenvalue weighted by molar-refractivity contribution is 5.96. The summed E-state index contributed by atoms with van der Waals surface area (Å²) in [6.07, 6.45) is 0. The van der Waals surface area contributed by atoms with Gasteiger partial charge in [0, 0.05) is 12.2 Å². The van der Waals surface area contributed by atoms with Crippen LogP contribution in [-0.2, 0) is 16.0 Å². The van der Waals surface area contributed by atoms with Crippen LogP contribution in [0.5, 0.6) is 0 Å². The lowest BCUT2D eigenvalue weighted by Crippen LogP contribution is -2.13. The molecular formula is C17H19NO4. The van der Waals surface area contributed by atoms with Gasteiger partial charge in [-0.3, -0.25) is 0 Å². The van der Waals surface area contributed by atoms with Gasteiger partial charge in [0.15, 0.2) is 0 Å². The van der Waals surface area contributed by atoms with E-state index in [-0.39, 0.29) is 0 Å². The molecule has 2 aromatic rings. The van der Waals surface area contributed by atoms with Gasteiger partial charge in [0.1, 0.15) is 5.69 Å². The summed E-state index contributed by atoms with van der Waals surface area (Å²) in [6, 6.07) is 9.52. The summed E-state index contributed by atoms with van der Waals surface area (Å²) < 4.78 is 11.3. The van der Waals surface area contributed by atoms with E-state index in [1.54, 1.807) is 11.5 Å². The van der Waals surface area contributed by atoms with Crippen LogP contribution < -0.4 is 0 Å². The maximum Gasteiger partial charge on any atom is 0.354 e. The Hall–Kier alpha value is -2.56. The molecule has 0 N–H and O–H groups in total. The fraction of sp³-hybridized carbons (Fsp3) is 0.294. The van der Waals surface area contributed by atoms with Crippen LogP contribution in [0, 0.1) is 13.8 Å². The van der Waals surface area contributed by atoms with Gasteiger partial charge in [0.2, 0.25) is 0 Å². The number of benzene rings is 1. The fourth-order valence-corrected chi connectivity index (χ4v) is 2.32. The van der Waals surface area contributed by atoms with Crippen LogP contribution in [0.4, 0.5) is 0 Å². The molecule has 0 atom stereocenters. The molecule has 116 valence electrons. The molecule has 0 fully saturated rings. The number of ether oxygens (including phenoxy) is 2. The number of aryl methyl sites for hydroxylation is 1. The van der Waals surface area contributed by atoms with Crippen molar-refractivity contribution in [3.05, 3.63) is 58.4 Å². The second-order valence-corrected chi connectivity index (χ2v) is 5.08. The standard InChI is InChI=1S/C17H19NO4/c1-11-5-7-13(8-6-11)10-18-12(2)14(16(19)21-3)9-15(18)17(20)22-4/h5-9H,10H2,1-4H3. The Balaban J connectivity index is 2.47. The number of carbonyl (C=O) groups excluding carboxylic acids is 2. The minimum atomic E-state index is -0.481. The third kappa shape index (κ3) is 3.03. The van der Waals surface area contributed by atoms with Crippen molar-refractivity contribution < 1.29 is 19.1 Å². The lowest BCUT2D eigenvalue weighted by atomic mass is 10.1. The normalized spacial score (nSPS) is 10.4. The Morgan fingerprint density at radius 1 is 1.00 bits per heavy atom. The topological polar surface area (TPSA) is 57.5 Å². The molecule has 22 heavy (non-hydrogen) atoms. The second-order valence-electron chi connectivity index (χ2n) is 5.08. The molecule has 0 unspecified atom stereocenters. The predicted molar refractivity (Wildman–Crippen MR) is 82.1 cm³/mol. The van der Waals surface area contributed by atoms with E-state index in [2.05, 4.69) is 0 Å². The van der Waals surface area contributed by atoms with E-state index in [4.69, 9.17) is 9.47 Å². The Bertz CT molecular complexity index is 698. The molecule has 0 amide bonds. The molecule has 0 spiro atoms. The van der Waals surface area contributed by atoms with E-state index in [1.807, 2.05) is 31.2 Å². The van der Waals surface area contributed by atoms with Gasteiger partial charge in [-0.25, -0.2) is 9.59 Å². The summed E-state index contributed by atoms with van der Waals surface area (Å²) in [7, 11) is 2.63. The quantitative estimate of drug-likeness (QED) is 0.815. The average molecular weight is 301 g/mol. The van der Waals surface area contributed by atoms with Gasteiger partial charge in [-0.15, -0.1) is 0 Å². The minimum Gasteiger partial charge on any atom is -0.465 e. The van der Waals surface area contributed by atoms with Gasteiger partial charge >= 0.3 is 11.9 Å². The van der Waals surface area contributed by atoms with Crippen LogP contribution in [-0.4, -0.2) is 30.7 Å². The highest BCUT2D eigenvalue weighted by atomic mass is 16.5. The fourth-order valence-electron chi connectivity index (χ4n) is 2.32. The van der Waals surface area contributed by atoms with Crippen molar-refractivity contribution >= 4 is 11.9 Å². The number of aromatic nitrogens is 1. The van der Waals surface area contributed by atoms with Crippen molar-refractivity contribution in [3.8, 4) is 0 Å². The van der Waals surface area contributed by atoms with E-state index in [0.717, 1.165) is 11.1 Å². The maximum atomic E-state index is 12.0. The second kappa shape index (κ2) is 6.47. The van der Waals surface area contributed by atoms with Crippen molar-refractivity contribution in [1.82, 2.24) is 4.57 Å². The summed E-state index contributed by atoms with van der Waals surface area (Å²) >= 11 is 0. The van der Waals surface area contributed by atoms with Crippen LogP contribution >= 0.6 is 0 Å². The predicted octanol–water partition coefficient (Wildman–Crippen LogP) is 2.73. The van der Waals surface area contributed by atoms with E-state index in [0.29, 0.717) is 23.5 Å². The molecular weight excluding hydrogens is 282 g/mol. The number of rotatable bonds is 4. The summed E-state index contributed by atoms with van der Waals surface area (Å²) in [5, 5.41) is 0. The summed E-state index contributed by atoms with van der Waals surface area (Å²) in [6.45, 7) is 4.28. The molecule has 0 radical (unpaired) electrons. The number of carbonyl (C=O) groups is 2. The Morgan fingerprint density at radius 2 is 1.59 bits per heavy atom. The summed E-state index contributed by atoms with van der Waals surface area (Å²) in [5.41, 5.74) is 3.58. The third-order valence-corrected chi connectivity index (χ3v) is 3.63. The van der Waals surface area contributed by atoms with Crippen LogP contribution in [0.25, 0.3) is 0 Å². The van der Waals surface area contributed by atoms with Gasteiger partial charge in [0.25, 0.3) is 0 Å². The van der Waals surface area contributed by atoms with Crippen LogP contribution in [0.15, 0.2) is 30.3 Å². The number of methoxy groups -OCH3 is 2. The SMILES string of the molecule is COC(=O)c1cc(C(=O)OC)n(Cc2ccc(C)cc2)c1C. The van der Waals surface area contributed by atoms with Gasteiger partial charge < -0.3 is 14.0 Å². The van der Waals surface area contributed by atoms with Crippen molar-refractivity contribution in [3.63, 3.8) is 0 Å². The highest BCUT2D eigenvalue weighted by Crippen LogP contribution is 2.19. The minimum absolute atomic E-state index is 0.334. The summed E-state index contributed by atoms with van der Waals surface area (Å²) in [4.78, 5) is 23.8. The van der Waals surface area contributed by atoms with Gasteiger partial charge in [-0.2, -0.15) is 0 Å². The van der Waals surface area contributed by atoms with Crippen LogP contribution in [0.1, 0.15) is 37.7 Å². The maximum absolute atomic E-state index is 12.0. The molecule has 2 rings (SSSR count). The van der Waals surface area contributed by atoms with E-state index in [9.17, 15) is 9.59 Å². The van der Waals surface area contributed by atoms with Crippen molar-refractivity contribution in [2.45, 2.75) is 20.4 Å². The Labute approximate surface area is 129 Å². The molecule has 1 aromatic carbocycles. The molecule has 5 nitrogen and oxygen atoms in total. The molecule has 0 aliphatic heterocycles. The molecule has 1 aromatic heterocycles. The first-order valence-electron chi connectivity index (χ1n) is 6.90. The van der Waals surface area contributed by atoms with Crippen molar-refractivity contribution in [1.29, 1.82) is 0 Å². The van der Waals surface area contributed by atoms with Crippen molar-refractivity contribution in [2.75, 3.05) is 14.2 Å². The number of hydrogen-bond acceptors (Lipinski definition) is 4. The summed E-state index contributed by atoms with van der Waals surface area (Å²) in [5.74, 6) is -0.948. The zero-order chi connectivity index (χ0) is 16.3. The third-order valence-electron chi connectivity index (χ3n) is 3.63. The smallest absolute Gasteiger partial charge is 0.354 e. The Kier molecular flexibility index (Phi) is 4.65. The zero-order valence-corrected chi connectivity index (χ0v) is 13.2. The Morgan fingerprint density at radius 3 is 2.14 bits per heavy atom. The first-order chi connectivity index (χ1) is 10.5. The van der Waals surface area contributed by atoms with Gasteiger partial charge in [-0.1, -0.05) is 29.8 Å². The number of nitrogens with zero attached hydrogens (tertiary/aromatic N) is 1. The van der Waals surface area contributed by atoms with Crippen LogP contribution in [0.3, 0.4) is 0 Å².